The molecule has 2 unspecified atom stereocenters. The van der Waals surface area contributed by atoms with Gasteiger partial charge in [0.1, 0.15) is 5.82 Å². The molecule has 2 aromatic carbocycles. The van der Waals surface area contributed by atoms with Crippen molar-refractivity contribution in [3.05, 3.63) is 65.5 Å². The molecule has 0 radical (unpaired) electrons. The van der Waals surface area contributed by atoms with Crippen molar-refractivity contribution in [2.75, 3.05) is 18.0 Å². The normalized spacial score (nSPS) is 21.8. The minimum Gasteiger partial charge on any atom is -0.371 e. The number of fused-ring (bicyclic) bond motifs is 1. The average molecular weight is 368 g/mol. The van der Waals surface area contributed by atoms with Gasteiger partial charge in [-0.2, -0.15) is 0 Å². The van der Waals surface area contributed by atoms with Crippen LogP contribution >= 0.6 is 0 Å². The number of halogens is 1. The molecular formula is C21H21FN2O3. The number of carbonyl (C=O) groups excluding carboxylic acids is 2. The molecule has 2 atom stereocenters. The van der Waals surface area contributed by atoms with Crippen molar-refractivity contribution >= 4 is 17.5 Å². The molecule has 27 heavy (non-hydrogen) atoms. The highest BCUT2D eigenvalue weighted by Crippen LogP contribution is 2.25. The highest BCUT2D eigenvalue weighted by atomic mass is 19.1. The average Bonchev–Trinajstić information content (AvgIpc) is 3.08. The van der Waals surface area contributed by atoms with Gasteiger partial charge in [0, 0.05) is 31.6 Å². The lowest BCUT2D eigenvalue weighted by Gasteiger charge is -2.26. The third-order valence-electron chi connectivity index (χ3n) is 5.18. The SMILES string of the molecule is O=C(NCC1Cc2ccccc2CO1)C1CC(=O)N(c2ccc(F)cc2)C1. The molecule has 2 amide bonds. The Hall–Kier alpha value is -2.73. The molecule has 4 rings (SSSR count). The van der Waals surface area contributed by atoms with Crippen LogP contribution in [0.5, 0.6) is 0 Å². The van der Waals surface area contributed by atoms with Crippen LogP contribution in [0.15, 0.2) is 48.5 Å². The molecule has 2 aromatic rings. The summed E-state index contributed by atoms with van der Waals surface area (Å²) in [6, 6.07) is 13.9. The van der Waals surface area contributed by atoms with Gasteiger partial charge >= 0.3 is 0 Å². The Morgan fingerprint density at radius 3 is 2.63 bits per heavy atom. The number of anilines is 1. The van der Waals surface area contributed by atoms with Crippen LogP contribution in [0, 0.1) is 11.7 Å². The number of hydrogen-bond acceptors (Lipinski definition) is 3. The molecule has 1 fully saturated rings. The lowest BCUT2D eigenvalue weighted by molar-refractivity contribution is -0.127. The molecule has 0 spiro atoms. The van der Waals surface area contributed by atoms with Crippen LogP contribution in [0.1, 0.15) is 17.5 Å². The zero-order valence-corrected chi connectivity index (χ0v) is 14.9. The van der Waals surface area contributed by atoms with Crippen molar-refractivity contribution in [2.24, 2.45) is 5.92 Å². The minimum absolute atomic E-state index is 0.0610. The quantitative estimate of drug-likeness (QED) is 0.902. The Balaban J connectivity index is 1.32. The first-order valence-electron chi connectivity index (χ1n) is 9.12. The number of carbonyl (C=O) groups is 2. The van der Waals surface area contributed by atoms with Crippen molar-refractivity contribution in [1.82, 2.24) is 5.32 Å². The molecule has 2 heterocycles. The number of rotatable bonds is 4. The van der Waals surface area contributed by atoms with E-state index < -0.39 is 5.92 Å². The van der Waals surface area contributed by atoms with Gasteiger partial charge in [-0.1, -0.05) is 24.3 Å². The first-order chi connectivity index (χ1) is 13.1. The predicted octanol–water partition coefficient (Wildman–Crippen LogP) is 2.44. The fourth-order valence-electron chi connectivity index (χ4n) is 3.65. The second-order valence-electron chi connectivity index (χ2n) is 7.03. The van der Waals surface area contributed by atoms with E-state index in [2.05, 4.69) is 17.4 Å². The molecule has 0 saturated carbocycles. The lowest BCUT2D eigenvalue weighted by Crippen LogP contribution is -2.40. The molecule has 0 aliphatic carbocycles. The number of nitrogens with one attached hydrogen (secondary N) is 1. The van der Waals surface area contributed by atoms with Crippen molar-refractivity contribution < 1.29 is 18.7 Å². The topological polar surface area (TPSA) is 58.6 Å². The van der Waals surface area contributed by atoms with Gasteiger partial charge in [-0.3, -0.25) is 9.59 Å². The van der Waals surface area contributed by atoms with E-state index in [-0.39, 0.29) is 30.2 Å². The Bertz CT molecular complexity index is 853. The third-order valence-corrected chi connectivity index (χ3v) is 5.18. The first-order valence-corrected chi connectivity index (χ1v) is 9.12. The van der Waals surface area contributed by atoms with Crippen LogP contribution in [0.2, 0.25) is 0 Å². The Labute approximate surface area is 157 Å². The second-order valence-corrected chi connectivity index (χ2v) is 7.03. The summed E-state index contributed by atoms with van der Waals surface area (Å²) in [6.07, 6.45) is 0.869. The lowest BCUT2D eigenvalue weighted by atomic mass is 9.99. The summed E-state index contributed by atoms with van der Waals surface area (Å²) in [5.74, 6) is -1.02. The van der Waals surface area contributed by atoms with Crippen LogP contribution in [0.25, 0.3) is 0 Å². The van der Waals surface area contributed by atoms with Gasteiger partial charge in [0.25, 0.3) is 0 Å². The molecule has 1 N–H and O–H groups in total. The predicted molar refractivity (Wildman–Crippen MR) is 98.6 cm³/mol. The van der Waals surface area contributed by atoms with E-state index in [9.17, 15) is 14.0 Å². The molecule has 6 heteroatoms. The summed E-state index contributed by atoms with van der Waals surface area (Å²) >= 11 is 0. The van der Waals surface area contributed by atoms with E-state index in [1.807, 2.05) is 12.1 Å². The fourth-order valence-corrected chi connectivity index (χ4v) is 3.65. The number of amides is 2. The van der Waals surface area contributed by atoms with Crippen molar-refractivity contribution in [1.29, 1.82) is 0 Å². The molecule has 2 aliphatic heterocycles. The Morgan fingerprint density at radius 1 is 1.11 bits per heavy atom. The zero-order chi connectivity index (χ0) is 18.8. The van der Waals surface area contributed by atoms with E-state index >= 15 is 0 Å². The largest absolute Gasteiger partial charge is 0.371 e. The van der Waals surface area contributed by atoms with E-state index in [0.717, 1.165) is 6.42 Å². The number of hydrogen-bond donors (Lipinski definition) is 1. The molecular weight excluding hydrogens is 347 g/mol. The summed E-state index contributed by atoms with van der Waals surface area (Å²) in [5, 5.41) is 2.92. The van der Waals surface area contributed by atoms with Crippen LogP contribution in [-0.4, -0.2) is 31.0 Å². The van der Waals surface area contributed by atoms with Crippen molar-refractivity contribution in [3.63, 3.8) is 0 Å². The van der Waals surface area contributed by atoms with Gasteiger partial charge < -0.3 is 15.0 Å². The van der Waals surface area contributed by atoms with Gasteiger partial charge in [0.15, 0.2) is 0 Å². The zero-order valence-electron chi connectivity index (χ0n) is 14.9. The third kappa shape index (κ3) is 3.85. The van der Waals surface area contributed by atoms with Crippen LogP contribution in [0.3, 0.4) is 0 Å². The monoisotopic (exact) mass is 368 g/mol. The van der Waals surface area contributed by atoms with Crippen LogP contribution < -0.4 is 10.2 Å². The molecule has 0 bridgehead atoms. The summed E-state index contributed by atoms with van der Waals surface area (Å²) < 4.78 is 18.9. The smallest absolute Gasteiger partial charge is 0.227 e. The van der Waals surface area contributed by atoms with Gasteiger partial charge in [-0.25, -0.2) is 4.39 Å². The maximum Gasteiger partial charge on any atom is 0.227 e. The summed E-state index contributed by atoms with van der Waals surface area (Å²) in [5.41, 5.74) is 3.06. The summed E-state index contributed by atoms with van der Waals surface area (Å²) in [4.78, 5) is 26.3. The van der Waals surface area contributed by atoms with Gasteiger partial charge in [-0.05, 0) is 35.4 Å². The molecule has 140 valence electrons. The van der Waals surface area contributed by atoms with Crippen LogP contribution in [-0.2, 0) is 27.4 Å². The van der Waals surface area contributed by atoms with E-state index in [4.69, 9.17) is 4.74 Å². The molecule has 1 saturated heterocycles. The maximum absolute atomic E-state index is 13.1. The molecule has 5 nitrogen and oxygen atoms in total. The highest BCUT2D eigenvalue weighted by Gasteiger charge is 2.35. The van der Waals surface area contributed by atoms with Crippen molar-refractivity contribution in [2.45, 2.75) is 25.6 Å². The van der Waals surface area contributed by atoms with Crippen LogP contribution in [0.4, 0.5) is 10.1 Å². The summed E-state index contributed by atoms with van der Waals surface area (Å²) in [7, 11) is 0. The Morgan fingerprint density at radius 2 is 1.85 bits per heavy atom. The number of benzene rings is 2. The maximum atomic E-state index is 13.1. The Kier molecular flexibility index (Phi) is 4.90. The second kappa shape index (κ2) is 7.48. The van der Waals surface area contributed by atoms with Gasteiger partial charge in [0.05, 0.1) is 18.6 Å². The van der Waals surface area contributed by atoms with E-state index in [0.29, 0.717) is 25.4 Å². The summed E-state index contributed by atoms with van der Waals surface area (Å²) in [6.45, 7) is 1.29. The molecule has 2 aliphatic rings. The molecule has 0 aromatic heterocycles. The van der Waals surface area contributed by atoms with Gasteiger partial charge in [0.2, 0.25) is 11.8 Å². The van der Waals surface area contributed by atoms with E-state index in [1.165, 1.54) is 28.2 Å². The standard InChI is InChI=1S/C21H21FN2O3/c22-17-5-7-18(8-6-17)24-12-16(10-20(24)25)21(26)23-11-19-9-14-3-1-2-4-15(14)13-27-19/h1-8,16,19H,9-13H2,(H,23,26). The first kappa shape index (κ1) is 17.7. The highest BCUT2D eigenvalue weighted by molar-refractivity contribution is 6.00. The van der Waals surface area contributed by atoms with E-state index in [1.54, 1.807) is 12.1 Å². The minimum atomic E-state index is -0.404. The number of nitrogens with zero attached hydrogens (tertiary/aromatic N) is 1. The van der Waals surface area contributed by atoms with Crippen molar-refractivity contribution in [3.8, 4) is 0 Å². The number of ether oxygens (including phenoxy) is 1. The fraction of sp³-hybridized carbons (Fsp3) is 0.333. The van der Waals surface area contributed by atoms with Gasteiger partial charge in [-0.15, -0.1) is 0 Å².